The summed E-state index contributed by atoms with van der Waals surface area (Å²) in [6, 6.07) is 0. The van der Waals surface area contributed by atoms with E-state index < -0.39 is 0 Å². The van der Waals surface area contributed by atoms with Gasteiger partial charge in [-0.1, -0.05) is 5.16 Å². The summed E-state index contributed by atoms with van der Waals surface area (Å²) in [5, 5.41) is 4.02. The van der Waals surface area contributed by atoms with E-state index in [2.05, 4.69) is 10.1 Å². The largest absolute Gasteiger partial charge is 0.373 e. The molecule has 0 aromatic heterocycles. The fourth-order valence-electron chi connectivity index (χ4n) is 3.03. The molecule has 1 aliphatic carbocycles. The van der Waals surface area contributed by atoms with Crippen molar-refractivity contribution in [2.75, 3.05) is 13.1 Å². The second kappa shape index (κ2) is 2.71. The molecule has 2 fully saturated rings. The average Bonchev–Trinajstić information content (AvgIpc) is 2.79. The van der Waals surface area contributed by atoms with Gasteiger partial charge in [-0.3, -0.25) is 4.90 Å². The Morgan fingerprint density at radius 1 is 1.31 bits per heavy atom. The SMILES string of the molecule is C1=NOC2(N3CCCC3)CCCC12. The minimum Gasteiger partial charge on any atom is -0.373 e. The lowest BCUT2D eigenvalue weighted by Gasteiger charge is -2.35. The molecule has 3 nitrogen and oxygen atoms in total. The highest BCUT2D eigenvalue weighted by Crippen LogP contribution is 2.44. The molecular weight excluding hydrogens is 164 g/mol. The van der Waals surface area contributed by atoms with Crippen molar-refractivity contribution in [2.24, 2.45) is 11.1 Å². The zero-order valence-corrected chi connectivity index (χ0v) is 7.91. The predicted molar refractivity (Wildman–Crippen MR) is 50.5 cm³/mol. The van der Waals surface area contributed by atoms with Gasteiger partial charge >= 0.3 is 0 Å². The molecular formula is C10H16N2O. The molecule has 1 saturated heterocycles. The molecule has 0 amide bonds. The lowest BCUT2D eigenvalue weighted by atomic mass is 10.0. The third kappa shape index (κ3) is 0.966. The molecule has 0 aromatic carbocycles. The van der Waals surface area contributed by atoms with E-state index >= 15 is 0 Å². The summed E-state index contributed by atoms with van der Waals surface area (Å²) in [6.45, 7) is 2.42. The van der Waals surface area contributed by atoms with Crippen LogP contribution in [0.1, 0.15) is 32.1 Å². The van der Waals surface area contributed by atoms with E-state index in [1.165, 1.54) is 45.2 Å². The molecule has 13 heavy (non-hydrogen) atoms. The van der Waals surface area contributed by atoms with E-state index in [1.54, 1.807) is 0 Å². The highest BCUT2D eigenvalue weighted by molar-refractivity contribution is 5.64. The van der Waals surface area contributed by atoms with E-state index in [1.807, 2.05) is 6.21 Å². The maximum Gasteiger partial charge on any atom is 0.199 e. The first-order valence-electron chi connectivity index (χ1n) is 5.38. The molecule has 1 saturated carbocycles. The summed E-state index contributed by atoms with van der Waals surface area (Å²) in [5.41, 5.74) is -0.00347. The smallest absolute Gasteiger partial charge is 0.199 e. The molecule has 3 heteroatoms. The maximum absolute atomic E-state index is 5.64. The van der Waals surface area contributed by atoms with Gasteiger partial charge in [-0.15, -0.1) is 0 Å². The summed E-state index contributed by atoms with van der Waals surface area (Å²) >= 11 is 0. The Morgan fingerprint density at radius 2 is 2.15 bits per heavy atom. The summed E-state index contributed by atoms with van der Waals surface area (Å²) < 4.78 is 0. The van der Waals surface area contributed by atoms with Crippen LogP contribution >= 0.6 is 0 Å². The quantitative estimate of drug-likeness (QED) is 0.612. The topological polar surface area (TPSA) is 24.8 Å². The van der Waals surface area contributed by atoms with Crippen molar-refractivity contribution in [3.05, 3.63) is 0 Å². The van der Waals surface area contributed by atoms with Gasteiger partial charge in [0.05, 0.1) is 12.1 Å². The monoisotopic (exact) mass is 180 g/mol. The molecule has 2 unspecified atom stereocenters. The fourth-order valence-corrected chi connectivity index (χ4v) is 3.03. The zero-order valence-electron chi connectivity index (χ0n) is 7.91. The van der Waals surface area contributed by atoms with Gasteiger partial charge in [0.25, 0.3) is 0 Å². The van der Waals surface area contributed by atoms with E-state index in [4.69, 9.17) is 4.84 Å². The third-order valence-corrected chi connectivity index (χ3v) is 3.72. The Bertz CT molecular complexity index is 235. The van der Waals surface area contributed by atoms with E-state index in [-0.39, 0.29) is 5.72 Å². The molecule has 2 aliphatic heterocycles. The molecule has 3 rings (SSSR count). The summed E-state index contributed by atoms with van der Waals surface area (Å²) in [6.07, 6.45) is 8.42. The van der Waals surface area contributed by atoms with E-state index in [9.17, 15) is 0 Å². The molecule has 72 valence electrons. The van der Waals surface area contributed by atoms with Crippen LogP contribution in [0.3, 0.4) is 0 Å². The lowest BCUT2D eigenvalue weighted by Crippen LogP contribution is -2.49. The van der Waals surface area contributed by atoms with Crippen LogP contribution < -0.4 is 0 Å². The van der Waals surface area contributed by atoms with Gasteiger partial charge in [-0.05, 0) is 25.7 Å². The van der Waals surface area contributed by atoms with Crippen molar-refractivity contribution in [1.82, 2.24) is 4.90 Å². The molecule has 2 atom stereocenters. The Hall–Kier alpha value is -0.570. The summed E-state index contributed by atoms with van der Waals surface area (Å²) in [5.74, 6) is 0.575. The van der Waals surface area contributed by atoms with Gasteiger partial charge < -0.3 is 4.84 Å². The van der Waals surface area contributed by atoms with Crippen molar-refractivity contribution in [2.45, 2.75) is 37.8 Å². The Kier molecular flexibility index (Phi) is 1.62. The van der Waals surface area contributed by atoms with Gasteiger partial charge in [-0.2, -0.15) is 0 Å². The van der Waals surface area contributed by atoms with Crippen LogP contribution in [0, 0.1) is 5.92 Å². The van der Waals surface area contributed by atoms with Crippen molar-refractivity contribution in [1.29, 1.82) is 0 Å². The minimum atomic E-state index is -0.00347. The molecule has 0 N–H and O–H groups in total. The first kappa shape index (κ1) is 7.80. The van der Waals surface area contributed by atoms with Gasteiger partial charge in [0.2, 0.25) is 0 Å². The zero-order chi connectivity index (χ0) is 8.73. The molecule has 3 aliphatic rings. The highest BCUT2D eigenvalue weighted by Gasteiger charge is 2.52. The standard InChI is InChI=1S/C10H16N2O/c1-2-7-12(6-1)10-5-3-4-9(10)8-11-13-10/h8-9H,1-7H2. The number of rotatable bonds is 1. The normalized spacial score (nSPS) is 43.8. The van der Waals surface area contributed by atoms with Gasteiger partial charge in [0.15, 0.2) is 5.72 Å². The van der Waals surface area contributed by atoms with E-state index in [0.717, 1.165) is 0 Å². The Morgan fingerprint density at radius 3 is 3.00 bits per heavy atom. The van der Waals surface area contributed by atoms with Crippen LogP contribution in [0.2, 0.25) is 0 Å². The Balaban J connectivity index is 1.86. The number of oxime groups is 1. The number of hydrogen-bond acceptors (Lipinski definition) is 3. The average molecular weight is 180 g/mol. The first-order chi connectivity index (χ1) is 6.42. The number of fused-ring (bicyclic) bond motifs is 1. The molecule has 2 heterocycles. The maximum atomic E-state index is 5.64. The lowest BCUT2D eigenvalue weighted by molar-refractivity contribution is -0.141. The molecule has 0 radical (unpaired) electrons. The Labute approximate surface area is 78.7 Å². The molecule has 0 aromatic rings. The van der Waals surface area contributed by atoms with Crippen LogP contribution in [-0.4, -0.2) is 29.9 Å². The van der Waals surface area contributed by atoms with Crippen LogP contribution in [0.4, 0.5) is 0 Å². The second-order valence-corrected chi connectivity index (χ2v) is 4.38. The van der Waals surface area contributed by atoms with Crippen molar-refractivity contribution < 1.29 is 4.84 Å². The summed E-state index contributed by atoms with van der Waals surface area (Å²) in [7, 11) is 0. The second-order valence-electron chi connectivity index (χ2n) is 4.38. The van der Waals surface area contributed by atoms with Crippen LogP contribution in [0.25, 0.3) is 0 Å². The van der Waals surface area contributed by atoms with Gasteiger partial charge in [0, 0.05) is 19.5 Å². The van der Waals surface area contributed by atoms with Crippen molar-refractivity contribution >= 4 is 6.21 Å². The first-order valence-corrected chi connectivity index (χ1v) is 5.38. The van der Waals surface area contributed by atoms with Gasteiger partial charge in [-0.25, -0.2) is 0 Å². The van der Waals surface area contributed by atoms with E-state index in [0.29, 0.717) is 5.92 Å². The highest BCUT2D eigenvalue weighted by atomic mass is 16.7. The number of hydrogen-bond donors (Lipinski definition) is 0. The molecule has 0 spiro atoms. The minimum absolute atomic E-state index is 0.00347. The number of likely N-dealkylation sites (tertiary alicyclic amines) is 1. The van der Waals surface area contributed by atoms with Crippen LogP contribution in [-0.2, 0) is 4.84 Å². The van der Waals surface area contributed by atoms with Crippen molar-refractivity contribution in [3.8, 4) is 0 Å². The van der Waals surface area contributed by atoms with Crippen LogP contribution in [0.5, 0.6) is 0 Å². The predicted octanol–water partition coefficient (Wildman–Crippen LogP) is 1.59. The summed E-state index contributed by atoms with van der Waals surface area (Å²) in [4.78, 5) is 8.16. The van der Waals surface area contributed by atoms with Crippen molar-refractivity contribution in [3.63, 3.8) is 0 Å². The third-order valence-electron chi connectivity index (χ3n) is 3.72. The fraction of sp³-hybridized carbons (Fsp3) is 0.900. The van der Waals surface area contributed by atoms with Crippen LogP contribution in [0.15, 0.2) is 5.16 Å². The van der Waals surface area contributed by atoms with Gasteiger partial charge in [0.1, 0.15) is 0 Å². The molecule has 0 bridgehead atoms. The number of nitrogens with zero attached hydrogens (tertiary/aromatic N) is 2.